The highest BCUT2D eigenvalue weighted by Gasteiger charge is 2.20. The molecule has 4 amide bonds. The van der Waals surface area contributed by atoms with Crippen LogP contribution in [-0.4, -0.2) is 131 Å². The monoisotopic (exact) mass is 794 g/mol. The number of carbonyl (C=O) groups excluding carboxylic acids is 4. The van der Waals surface area contributed by atoms with Gasteiger partial charge in [-0.3, -0.25) is 24.0 Å². The number of amides is 4. The van der Waals surface area contributed by atoms with Crippen molar-refractivity contribution >= 4 is 35.6 Å². The highest BCUT2D eigenvalue weighted by atomic mass is 19.3. The molecule has 0 bridgehead atoms. The van der Waals surface area contributed by atoms with Crippen LogP contribution in [0.25, 0.3) is 0 Å². The first-order valence-corrected chi connectivity index (χ1v) is 19.7. The molecule has 1 unspecified atom stereocenters. The van der Waals surface area contributed by atoms with Gasteiger partial charge in [-0.2, -0.15) is 4.94 Å². The Labute approximate surface area is 324 Å². The zero-order chi connectivity index (χ0) is 40.6. The van der Waals surface area contributed by atoms with Gasteiger partial charge in [-0.1, -0.05) is 77.0 Å². The van der Waals surface area contributed by atoms with Crippen LogP contribution < -0.4 is 21.3 Å². The van der Waals surface area contributed by atoms with Crippen LogP contribution in [0.3, 0.4) is 0 Å². The standard InChI is InChI=1S/C37H67FN4O13/c38-55-24-21-41-35(46)30-54-28-26-52-23-20-40-34(45)29-53-27-25-51-22-19-39-32(43)18-17-31(37(49)50)42-33(44)15-13-11-9-7-5-3-1-2-4-6-8-10-12-14-16-36(47)48/h31H,1-30H2,(H,39,43)(H,40,45)(H,41,46)(H,42,44)(H,47,48)(H,49,50). The number of aliphatic carboxylic acids is 2. The Hall–Kier alpha value is -3.45. The molecular weight excluding hydrogens is 727 g/mol. The molecule has 0 aliphatic heterocycles. The number of carboxylic acids is 2. The third kappa shape index (κ3) is 38.6. The van der Waals surface area contributed by atoms with Gasteiger partial charge < -0.3 is 50.4 Å². The minimum absolute atomic E-state index is 0.0296. The van der Waals surface area contributed by atoms with Crippen molar-refractivity contribution in [2.75, 3.05) is 79.1 Å². The lowest BCUT2D eigenvalue weighted by molar-refractivity contribution is -0.142. The fraction of sp³-hybridized carbons (Fsp3) is 0.838. The molecule has 0 aromatic rings. The predicted octanol–water partition coefficient (Wildman–Crippen LogP) is 2.98. The summed E-state index contributed by atoms with van der Waals surface area (Å²) in [4.78, 5) is 73.0. The summed E-state index contributed by atoms with van der Waals surface area (Å²) >= 11 is 0. The van der Waals surface area contributed by atoms with E-state index in [-0.39, 0.29) is 123 Å². The first kappa shape index (κ1) is 51.5. The third-order valence-corrected chi connectivity index (χ3v) is 8.19. The minimum atomic E-state index is -1.19. The number of rotatable bonds is 41. The quantitative estimate of drug-likeness (QED) is 0.0489. The van der Waals surface area contributed by atoms with Gasteiger partial charge >= 0.3 is 11.9 Å². The molecular formula is C37H67FN4O13. The topological polar surface area (TPSA) is 237 Å². The molecule has 55 heavy (non-hydrogen) atoms. The summed E-state index contributed by atoms with van der Waals surface area (Å²) in [5.41, 5.74) is 0. The molecule has 18 heteroatoms. The van der Waals surface area contributed by atoms with Crippen molar-refractivity contribution in [3.63, 3.8) is 0 Å². The van der Waals surface area contributed by atoms with Crippen LogP contribution in [0.4, 0.5) is 4.53 Å². The fourth-order valence-electron chi connectivity index (χ4n) is 5.20. The van der Waals surface area contributed by atoms with Gasteiger partial charge in [0.15, 0.2) is 0 Å². The van der Waals surface area contributed by atoms with Gasteiger partial charge in [-0.05, 0) is 23.8 Å². The maximum Gasteiger partial charge on any atom is 0.326 e. The van der Waals surface area contributed by atoms with E-state index in [2.05, 4.69) is 26.2 Å². The van der Waals surface area contributed by atoms with E-state index in [0.717, 1.165) is 38.5 Å². The van der Waals surface area contributed by atoms with Gasteiger partial charge in [0.1, 0.15) is 25.9 Å². The van der Waals surface area contributed by atoms with E-state index in [1.807, 2.05) is 0 Å². The second kappa shape index (κ2) is 38.8. The molecule has 6 N–H and O–H groups in total. The third-order valence-electron chi connectivity index (χ3n) is 8.19. The highest BCUT2D eigenvalue weighted by molar-refractivity contribution is 5.84. The number of carbonyl (C=O) groups is 6. The Morgan fingerprint density at radius 2 is 0.855 bits per heavy atom. The second-order valence-corrected chi connectivity index (χ2v) is 13.0. The van der Waals surface area contributed by atoms with E-state index < -0.39 is 23.9 Å². The maximum atomic E-state index is 12.3. The SMILES string of the molecule is O=C(O)CCCCCCCCCCCCCCCCC(=O)NC(CCC(=O)NCCOCCOCC(=O)NCCOCCOCC(=O)NCCOF)C(=O)O. The van der Waals surface area contributed by atoms with E-state index >= 15 is 0 Å². The molecule has 1 atom stereocenters. The van der Waals surface area contributed by atoms with Gasteiger partial charge in [-0.15, -0.1) is 0 Å². The number of hydrogen-bond donors (Lipinski definition) is 6. The van der Waals surface area contributed by atoms with E-state index in [1.165, 1.54) is 44.9 Å². The van der Waals surface area contributed by atoms with Crippen molar-refractivity contribution in [1.82, 2.24) is 21.3 Å². The Morgan fingerprint density at radius 1 is 0.455 bits per heavy atom. The first-order chi connectivity index (χ1) is 26.6. The van der Waals surface area contributed by atoms with Crippen LogP contribution in [0.1, 0.15) is 116 Å². The van der Waals surface area contributed by atoms with Crippen LogP contribution in [0.15, 0.2) is 0 Å². The molecule has 0 saturated carbocycles. The van der Waals surface area contributed by atoms with Crippen LogP contribution in [-0.2, 0) is 52.7 Å². The minimum Gasteiger partial charge on any atom is -0.481 e. The van der Waals surface area contributed by atoms with Crippen molar-refractivity contribution in [2.45, 2.75) is 122 Å². The number of nitrogens with one attached hydrogen (secondary N) is 4. The predicted molar refractivity (Wildman–Crippen MR) is 200 cm³/mol. The molecule has 0 radical (unpaired) electrons. The summed E-state index contributed by atoms with van der Waals surface area (Å²) in [6, 6.07) is -1.14. The summed E-state index contributed by atoms with van der Waals surface area (Å²) in [6.07, 6.45) is 15.5. The molecule has 0 saturated heterocycles. The van der Waals surface area contributed by atoms with E-state index in [0.29, 0.717) is 6.42 Å². The zero-order valence-corrected chi connectivity index (χ0v) is 32.6. The van der Waals surface area contributed by atoms with E-state index in [9.17, 15) is 38.4 Å². The summed E-state index contributed by atoms with van der Waals surface area (Å²) in [5, 5.41) is 28.3. The summed E-state index contributed by atoms with van der Waals surface area (Å²) < 4.78 is 32.5. The fourth-order valence-corrected chi connectivity index (χ4v) is 5.20. The molecule has 0 heterocycles. The molecule has 0 fully saturated rings. The first-order valence-electron chi connectivity index (χ1n) is 19.7. The number of unbranched alkanes of at least 4 members (excludes halogenated alkanes) is 13. The highest BCUT2D eigenvalue weighted by Crippen LogP contribution is 2.14. The molecule has 320 valence electrons. The smallest absolute Gasteiger partial charge is 0.326 e. The Balaban J connectivity index is 3.65. The number of halogens is 1. The van der Waals surface area contributed by atoms with Crippen LogP contribution in [0.2, 0.25) is 0 Å². The lowest BCUT2D eigenvalue weighted by Crippen LogP contribution is -2.41. The van der Waals surface area contributed by atoms with Crippen molar-refractivity contribution in [1.29, 1.82) is 0 Å². The van der Waals surface area contributed by atoms with Gasteiger partial charge in [0.05, 0.1) is 39.6 Å². The Bertz CT molecular complexity index is 1030. The Morgan fingerprint density at radius 3 is 1.29 bits per heavy atom. The largest absolute Gasteiger partial charge is 0.481 e. The zero-order valence-electron chi connectivity index (χ0n) is 32.6. The Kier molecular flexibility index (Phi) is 36.4. The lowest BCUT2D eigenvalue weighted by atomic mass is 10.0. The van der Waals surface area contributed by atoms with E-state index in [4.69, 9.17) is 24.1 Å². The normalized spacial score (nSPS) is 11.5. The molecule has 0 aromatic heterocycles. The summed E-state index contributed by atoms with van der Waals surface area (Å²) in [6.45, 7) is 1.10. The molecule has 0 aliphatic carbocycles. The average Bonchev–Trinajstić information content (AvgIpc) is 3.15. The number of carboxylic acid groups (broad SMARTS) is 2. The lowest BCUT2D eigenvalue weighted by Gasteiger charge is -2.14. The molecule has 17 nitrogen and oxygen atoms in total. The molecule has 0 aliphatic rings. The van der Waals surface area contributed by atoms with E-state index in [1.54, 1.807) is 0 Å². The number of hydrogen-bond acceptors (Lipinski definition) is 11. The van der Waals surface area contributed by atoms with Crippen molar-refractivity contribution in [3.05, 3.63) is 0 Å². The van der Waals surface area contributed by atoms with Gasteiger partial charge in [0, 0.05) is 38.9 Å². The summed E-state index contributed by atoms with van der Waals surface area (Å²) in [7, 11) is 0. The molecule has 0 aromatic carbocycles. The van der Waals surface area contributed by atoms with Crippen molar-refractivity contribution < 1.29 is 67.4 Å². The van der Waals surface area contributed by atoms with Crippen molar-refractivity contribution in [3.8, 4) is 0 Å². The van der Waals surface area contributed by atoms with Crippen LogP contribution >= 0.6 is 0 Å². The average molecular weight is 795 g/mol. The number of ether oxygens (including phenoxy) is 4. The maximum absolute atomic E-state index is 12.3. The van der Waals surface area contributed by atoms with Crippen LogP contribution in [0.5, 0.6) is 0 Å². The van der Waals surface area contributed by atoms with Gasteiger partial charge in [0.25, 0.3) is 0 Å². The van der Waals surface area contributed by atoms with Crippen molar-refractivity contribution in [2.24, 2.45) is 0 Å². The second-order valence-electron chi connectivity index (χ2n) is 13.0. The van der Waals surface area contributed by atoms with Gasteiger partial charge in [-0.25, -0.2) is 4.79 Å². The van der Waals surface area contributed by atoms with Crippen LogP contribution in [0, 0.1) is 0 Å². The summed E-state index contributed by atoms with van der Waals surface area (Å²) in [5.74, 6) is -3.33. The van der Waals surface area contributed by atoms with Gasteiger partial charge in [0.2, 0.25) is 23.6 Å². The molecule has 0 rings (SSSR count). The molecule has 0 spiro atoms.